The van der Waals surface area contributed by atoms with Crippen LogP contribution in [0.1, 0.15) is 23.1 Å². The molecule has 3 nitrogen and oxygen atoms in total. The van der Waals surface area contributed by atoms with Crippen molar-refractivity contribution in [1.82, 2.24) is 0 Å². The summed E-state index contributed by atoms with van der Waals surface area (Å²) in [7, 11) is 0. The number of rotatable bonds is 2. The smallest absolute Gasteiger partial charge is 0.166 e. The zero-order chi connectivity index (χ0) is 13.6. The first-order valence-electron chi connectivity index (χ1n) is 5.12. The molecule has 0 radical (unpaired) electrons. The lowest BCUT2D eigenvalue weighted by molar-refractivity contribution is -0.137. The second-order valence-electron chi connectivity index (χ2n) is 3.53. The Balaban J connectivity index is 2.91. The number of alkyl halides is 3. The maximum Gasteiger partial charge on any atom is 0.416 e. The number of hydrogen-bond donors (Lipinski definition) is 0. The summed E-state index contributed by atoms with van der Waals surface area (Å²) in [6.45, 7) is 1.90. The Kier molecular flexibility index (Phi) is 4.64. The molecular formula is C12H10F3N3. The SMILES string of the molecule is Cc1ccc(C(F)(F)F)cc1C#CCCN=[N+]=[N-]. The molecule has 0 bridgehead atoms. The van der Waals surface area contributed by atoms with Gasteiger partial charge in [-0.05, 0) is 30.2 Å². The van der Waals surface area contributed by atoms with Crippen LogP contribution in [0.5, 0.6) is 0 Å². The normalized spacial score (nSPS) is 10.2. The van der Waals surface area contributed by atoms with Gasteiger partial charge in [0, 0.05) is 23.4 Å². The standard InChI is InChI=1S/C12H10F3N3/c1-9-5-6-11(12(13,14)15)8-10(9)4-2-3-7-17-18-16/h5-6,8H,3,7H2,1H3. The lowest BCUT2D eigenvalue weighted by Crippen LogP contribution is -2.05. The molecule has 0 saturated carbocycles. The van der Waals surface area contributed by atoms with E-state index in [1.165, 1.54) is 6.07 Å². The first kappa shape index (κ1) is 13.9. The minimum atomic E-state index is -4.37. The summed E-state index contributed by atoms with van der Waals surface area (Å²) >= 11 is 0. The van der Waals surface area contributed by atoms with Crippen molar-refractivity contribution in [3.63, 3.8) is 0 Å². The van der Waals surface area contributed by atoms with Crippen molar-refractivity contribution >= 4 is 0 Å². The predicted octanol–water partition coefficient (Wildman–Crippen LogP) is 4.07. The first-order chi connectivity index (χ1) is 8.45. The Hall–Kier alpha value is -2.12. The van der Waals surface area contributed by atoms with Crippen molar-refractivity contribution < 1.29 is 13.2 Å². The Morgan fingerprint density at radius 3 is 2.72 bits per heavy atom. The average molecular weight is 253 g/mol. The fourth-order valence-corrected chi connectivity index (χ4v) is 1.24. The highest BCUT2D eigenvalue weighted by molar-refractivity contribution is 5.43. The van der Waals surface area contributed by atoms with E-state index in [1.54, 1.807) is 6.92 Å². The fraction of sp³-hybridized carbons (Fsp3) is 0.333. The van der Waals surface area contributed by atoms with Crippen LogP contribution in [0.3, 0.4) is 0 Å². The van der Waals surface area contributed by atoms with Gasteiger partial charge in [0.2, 0.25) is 0 Å². The van der Waals surface area contributed by atoms with Gasteiger partial charge in [0.15, 0.2) is 0 Å². The summed E-state index contributed by atoms with van der Waals surface area (Å²) in [5, 5.41) is 3.28. The van der Waals surface area contributed by atoms with Crippen molar-refractivity contribution in [2.75, 3.05) is 6.54 Å². The van der Waals surface area contributed by atoms with Crippen molar-refractivity contribution in [2.24, 2.45) is 5.11 Å². The van der Waals surface area contributed by atoms with E-state index in [1.807, 2.05) is 0 Å². The molecule has 0 saturated heterocycles. The van der Waals surface area contributed by atoms with E-state index < -0.39 is 11.7 Å². The fourth-order valence-electron chi connectivity index (χ4n) is 1.24. The van der Waals surface area contributed by atoms with Gasteiger partial charge in [-0.1, -0.05) is 23.0 Å². The summed E-state index contributed by atoms with van der Waals surface area (Å²) in [6.07, 6.45) is -4.05. The highest BCUT2D eigenvalue weighted by Crippen LogP contribution is 2.30. The third-order valence-electron chi connectivity index (χ3n) is 2.19. The maximum atomic E-state index is 12.5. The quantitative estimate of drug-likeness (QED) is 0.251. The molecule has 0 aliphatic heterocycles. The van der Waals surface area contributed by atoms with E-state index in [2.05, 4.69) is 21.9 Å². The number of nitrogens with zero attached hydrogens (tertiary/aromatic N) is 3. The van der Waals surface area contributed by atoms with Crippen LogP contribution < -0.4 is 0 Å². The Labute approximate surface area is 102 Å². The van der Waals surface area contributed by atoms with Crippen LogP contribution >= 0.6 is 0 Å². The molecule has 0 aliphatic rings. The lowest BCUT2D eigenvalue weighted by atomic mass is 10.0. The van der Waals surface area contributed by atoms with Gasteiger partial charge in [0.1, 0.15) is 0 Å². The second kappa shape index (κ2) is 5.99. The molecule has 0 fully saturated rings. The van der Waals surface area contributed by atoms with E-state index in [9.17, 15) is 13.2 Å². The first-order valence-corrected chi connectivity index (χ1v) is 5.12. The summed E-state index contributed by atoms with van der Waals surface area (Å²) in [4.78, 5) is 2.55. The zero-order valence-corrected chi connectivity index (χ0v) is 9.62. The lowest BCUT2D eigenvalue weighted by Gasteiger charge is -2.07. The molecule has 1 aromatic rings. The van der Waals surface area contributed by atoms with Crippen molar-refractivity contribution in [3.05, 3.63) is 45.3 Å². The van der Waals surface area contributed by atoms with Crippen molar-refractivity contribution in [2.45, 2.75) is 19.5 Å². The van der Waals surface area contributed by atoms with E-state index >= 15 is 0 Å². The molecular weight excluding hydrogens is 243 g/mol. The van der Waals surface area contributed by atoms with Crippen LogP contribution in [0.15, 0.2) is 23.3 Å². The predicted molar refractivity (Wildman–Crippen MR) is 61.7 cm³/mol. The molecule has 18 heavy (non-hydrogen) atoms. The van der Waals surface area contributed by atoms with Crippen LogP contribution in [0.25, 0.3) is 10.4 Å². The number of halogens is 3. The van der Waals surface area contributed by atoms with Gasteiger partial charge < -0.3 is 0 Å². The zero-order valence-electron chi connectivity index (χ0n) is 9.62. The number of aryl methyl sites for hydroxylation is 1. The van der Waals surface area contributed by atoms with E-state index in [4.69, 9.17) is 5.53 Å². The van der Waals surface area contributed by atoms with Gasteiger partial charge in [-0.3, -0.25) is 0 Å². The molecule has 0 heterocycles. The number of azide groups is 1. The van der Waals surface area contributed by atoms with Crippen molar-refractivity contribution in [1.29, 1.82) is 0 Å². The Morgan fingerprint density at radius 2 is 2.11 bits per heavy atom. The number of hydrogen-bond acceptors (Lipinski definition) is 1. The van der Waals surface area contributed by atoms with E-state index in [0.29, 0.717) is 17.5 Å². The van der Waals surface area contributed by atoms with Crippen LogP contribution in [0.4, 0.5) is 13.2 Å². The highest BCUT2D eigenvalue weighted by Gasteiger charge is 2.30. The average Bonchev–Trinajstić information content (AvgIpc) is 2.29. The van der Waals surface area contributed by atoms with Gasteiger partial charge in [-0.25, -0.2) is 0 Å². The molecule has 0 aliphatic carbocycles. The van der Waals surface area contributed by atoms with Crippen LogP contribution in [0.2, 0.25) is 0 Å². The Bertz CT molecular complexity index is 532. The largest absolute Gasteiger partial charge is 0.416 e. The molecule has 0 N–H and O–H groups in total. The maximum absolute atomic E-state index is 12.5. The molecule has 0 unspecified atom stereocenters. The second-order valence-corrected chi connectivity index (χ2v) is 3.53. The van der Waals surface area contributed by atoms with Crippen LogP contribution in [-0.4, -0.2) is 6.54 Å². The van der Waals surface area contributed by atoms with E-state index in [0.717, 1.165) is 12.1 Å². The van der Waals surface area contributed by atoms with Crippen LogP contribution in [-0.2, 0) is 6.18 Å². The summed E-state index contributed by atoms with van der Waals surface area (Å²) < 4.78 is 37.5. The molecule has 1 aromatic carbocycles. The summed E-state index contributed by atoms with van der Waals surface area (Å²) in [6, 6.07) is 3.44. The third-order valence-corrected chi connectivity index (χ3v) is 2.19. The topological polar surface area (TPSA) is 48.8 Å². The molecule has 1 rings (SSSR count). The molecule has 6 heteroatoms. The monoisotopic (exact) mass is 253 g/mol. The van der Waals surface area contributed by atoms with Gasteiger partial charge in [-0.15, -0.1) is 0 Å². The van der Waals surface area contributed by atoms with Gasteiger partial charge in [0.25, 0.3) is 0 Å². The third kappa shape index (κ3) is 4.04. The summed E-state index contributed by atoms with van der Waals surface area (Å²) in [5.41, 5.74) is 8.34. The summed E-state index contributed by atoms with van der Waals surface area (Å²) in [5.74, 6) is 5.32. The molecule has 94 valence electrons. The molecule has 0 aromatic heterocycles. The van der Waals surface area contributed by atoms with Gasteiger partial charge >= 0.3 is 6.18 Å². The van der Waals surface area contributed by atoms with Gasteiger partial charge in [-0.2, -0.15) is 13.2 Å². The van der Waals surface area contributed by atoms with E-state index in [-0.39, 0.29) is 6.54 Å². The minimum Gasteiger partial charge on any atom is -0.166 e. The molecule has 0 spiro atoms. The Morgan fingerprint density at radius 1 is 1.39 bits per heavy atom. The van der Waals surface area contributed by atoms with Crippen LogP contribution in [0, 0.1) is 18.8 Å². The minimum absolute atomic E-state index is 0.210. The molecule has 0 amide bonds. The van der Waals surface area contributed by atoms with Gasteiger partial charge in [0.05, 0.1) is 5.56 Å². The molecule has 0 atom stereocenters. The van der Waals surface area contributed by atoms with Crippen molar-refractivity contribution in [3.8, 4) is 11.8 Å². The number of benzene rings is 1. The highest BCUT2D eigenvalue weighted by atomic mass is 19.4.